The maximum absolute atomic E-state index is 12.1. The van der Waals surface area contributed by atoms with Gasteiger partial charge in [-0.2, -0.15) is 5.10 Å². The van der Waals surface area contributed by atoms with E-state index in [9.17, 15) is 4.79 Å². The van der Waals surface area contributed by atoms with Gasteiger partial charge in [0.25, 0.3) is 5.91 Å². The van der Waals surface area contributed by atoms with Crippen LogP contribution in [0.2, 0.25) is 0 Å². The van der Waals surface area contributed by atoms with E-state index in [1.54, 1.807) is 50.6 Å². The minimum absolute atomic E-state index is 0.203. The average Bonchev–Trinajstić information content (AvgIpc) is 2.61. The Bertz CT molecular complexity index is 631. The smallest absolute Gasteiger partial charge is 0.251 e. The molecular formula is C16H19N3O4. The number of aromatic nitrogens is 2. The van der Waals surface area contributed by atoms with Gasteiger partial charge in [0.15, 0.2) is 0 Å². The van der Waals surface area contributed by atoms with Gasteiger partial charge in [-0.25, -0.2) is 0 Å². The van der Waals surface area contributed by atoms with Crippen molar-refractivity contribution in [2.24, 2.45) is 0 Å². The van der Waals surface area contributed by atoms with Crippen molar-refractivity contribution in [3.8, 4) is 11.6 Å². The second kappa shape index (κ2) is 8.70. The molecule has 2 aromatic rings. The molecule has 0 aliphatic carbocycles. The van der Waals surface area contributed by atoms with Crippen molar-refractivity contribution in [3.63, 3.8) is 0 Å². The van der Waals surface area contributed by atoms with Gasteiger partial charge in [-0.1, -0.05) is 6.07 Å². The van der Waals surface area contributed by atoms with Gasteiger partial charge in [0, 0.05) is 18.7 Å². The molecule has 0 saturated carbocycles. The van der Waals surface area contributed by atoms with E-state index in [1.807, 2.05) is 0 Å². The van der Waals surface area contributed by atoms with E-state index >= 15 is 0 Å². The Balaban J connectivity index is 1.86. The van der Waals surface area contributed by atoms with Crippen molar-refractivity contribution in [1.29, 1.82) is 0 Å². The van der Waals surface area contributed by atoms with Crippen molar-refractivity contribution in [1.82, 2.24) is 15.5 Å². The first-order valence-corrected chi connectivity index (χ1v) is 7.09. The van der Waals surface area contributed by atoms with Crippen molar-refractivity contribution in [3.05, 3.63) is 47.7 Å². The van der Waals surface area contributed by atoms with Crippen LogP contribution in [0.25, 0.3) is 0 Å². The Morgan fingerprint density at radius 3 is 2.70 bits per heavy atom. The molecular weight excluding hydrogens is 298 g/mol. The fourth-order valence-electron chi connectivity index (χ4n) is 1.79. The largest absolute Gasteiger partial charge is 0.497 e. The van der Waals surface area contributed by atoms with Gasteiger partial charge in [0.2, 0.25) is 5.88 Å². The zero-order chi connectivity index (χ0) is 16.5. The highest BCUT2D eigenvalue weighted by molar-refractivity contribution is 5.94. The Labute approximate surface area is 134 Å². The lowest BCUT2D eigenvalue weighted by Gasteiger charge is -2.07. The van der Waals surface area contributed by atoms with Crippen LogP contribution in [0.5, 0.6) is 11.6 Å². The molecule has 0 radical (unpaired) electrons. The van der Waals surface area contributed by atoms with Crippen LogP contribution in [-0.4, -0.2) is 43.5 Å². The molecule has 1 amide bonds. The molecule has 7 nitrogen and oxygen atoms in total. The lowest BCUT2D eigenvalue weighted by Crippen LogP contribution is -2.23. The summed E-state index contributed by atoms with van der Waals surface area (Å²) >= 11 is 0. The number of hydrogen-bond acceptors (Lipinski definition) is 6. The molecule has 0 unspecified atom stereocenters. The standard InChI is InChI=1S/C16H19N3O4/c1-21-8-9-23-15-7-6-13(18-19-15)11-17-16(20)12-4-3-5-14(10-12)22-2/h3-7,10H,8-9,11H2,1-2H3,(H,17,20). The van der Waals surface area contributed by atoms with Crippen LogP contribution in [0.4, 0.5) is 0 Å². The molecule has 0 spiro atoms. The molecule has 2 rings (SSSR count). The molecule has 122 valence electrons. The summed E-state index contributed by atoms with van der Waals surface area (Å²) in [5, 5.41) is 10.7. The second-order valence-electron chi connectivity index (χ2n) is 4.62. The van der Waals surface area contributed by atoms with E-state index in [4.69, 9.17) is 14.2 Å². The molecule has 0 aliphatic heterocycles. The maximum Gasteiger partial charge on any atom is 0.251 e. The van der Waals surface area contributed by atoms with Gasteiger partial charge in [-0.3, -0.25) is 4.79 Å². The molecule has 0 fully saturated rings. The highest BCUT2D eigenvalue weighted by atomic mass is 16.5. The van der Waals surface area contributed by atoms with Crippen LogP contribution in [-0.2, 0) is 11.3 Å². The summed E-state index contributed by atoms with van der Waals surface area (Å²) in [6, 6.07) is 10.4. The number of carbonyl (C=O) groups is 1. The molecule has 0 saturated heterocycles. The number of rotatable bonds is 8. The second-order valence-corrected chi connectivity index (χ2v) is 4.62. The van der Waals surface area contributed by atoms with Crippen LogP contribution >= 0.6 is 0 Å². The number of hydrogen-bond donors (Lipinski definition) is 1. The highest BCUT2D eigenvalue weighted by Crippen LogP contribution is 2.12. The van der Waals surface area contributed by atoms with Crippen LogP contribution in [0.15, 0.2) is 36.4 Å². The predicted molar refractivity (Wildman–Crippen MR) is 83.6 cm³/mol. The van der Waals surface area contributed by atoms with Crippen LogP contribution < -0.4 is 14.8 Å². The fraction of sp³-hybridized carbons (Fsp3) is 0.312. The van der Waals surface area contributed by atoms with E-state index in [1.165, 1.54) is 0 Å². The number of ether oxygens (including phenoxy) is 3. The third kappa shape index (κ3) is 5.23. The van der Waals surface area contributed by atoms with E-state index in [-0.39, 0.29) is 12.5 Å². The molecule has 1 aromatic carbocycles. The van der Waals surface area contributed by atoms with Crippen molar-refractivity contribution < 1.29 is 19.0 Å². The molecule has 1 N–H and O–H groups in total. The third-order valence-electron chi connectivity index (χ3n) is 2.99. The van der Waals surface area contributed by atoms with Gasteiger partial charge in [0.1, 0.15) is 12.4 Å². The minimum Gasteiger partial charge on any atom is -0.497 e. The molecule has 0 atom stereocenters. The molecule has 0 aliphatic rings. The van der Waals surface area contributed by atoms with Crippen molar-refractivity contribution in [2.75, 3.05) is 27.4 Å². The van der Waals surface area contributed by atoms with Crippen molar-refractivity contribution in [2.45, 2.75) is 6.54 Å². The van der Waals surface area contributed by atoms with Crippen LogP contribution in [0.3, 0.4) is 0 Å². The monoisotopic (exact) mass is 317 g/mol. The SMILES string of the molecule is COCCOc1ccc(CNC(=O)c2cccc(OC)c2)nn1. The summed E-state index contributed by atoms with van der Waals surface area (Å²) < 4.78 is 15.3. The number of amides is 1. The normalized spacial score (nSPS) is 10.2. The van der Waals surface area contributed by atoms with Gasteiger partial charge < -0.3 is 19.5 Å². The Kier molecular flexibility index (Phi) is 6.31. The number of methoxy groups -OCH3 is 2. The maximum atomic E-state index is 12.1. The van der Waals surface area contributed by atoms with Gasteiger partial charge in [-0.05, 0) is 24.3 Å². The molecule has 1 heterocycles. The van der Waals surface area contributed by atoms with Crippen molar-refractivity contribution >= 4 is 5.91 Å². The number of carbonyl (C=O) groups excluding carboxylic acids is 1. The first kappa shape index (κ1) is 16.7. The number of benzene rings is 1. The summed E-state index contributed by atoms with van der Waals surface area (Å²) in [7, 11) is 3.16. The first-order chi connectivity index (χ1) is 11.2. The van der Waals surface area contributed by atoms with Crippen LogP contribution in [0, 0.1) is 0 Å². The Morgan fingerprint density at radius 1 is 1.13 bits per heavy atom. The van der Waals surface area contributed by atoms with E-state index in [0.717, 1.165) is 0 Å². The first-order valence-electron chi connectivity index (χ1n) is 7.09. The Morgan fingerprint density at radius 2 is 2.00 bits per heavy atom. The summed E-state index contributed by atoms with van der Waals surface area (Å²) in [6.07, 6.45) is 0. The quantitative estimate of drug-likeness (QED) is 0.742. The van der Waals surface area contributed by atoms with E-state index in [2.05, 4.69) is 15.5 Å². The topological polar surface area (TPSA) is 82.6 Å². The summed E-state index contributed by atoms with van der Waals surface area (Å²) in [4.78, 5) is 12.1. The summed E-state index contributed by atoms with van der Waals surface area (Å²) in [6.45, 7) is 1.18. The molecule has 0 bridgehead atoms. The lowest BCUT2D eigenvalue weighted by atomic mass is 10.2. The number of nitrogens with zero attached hydrogens (tertiary/aromatic N) is 2. The zero-order valence-corrected chi connectivity index (χ0v) is 13.1. The molecule has 1 aromatic heterocycles. The summed E-state index contributed by atoms with van der Waals surface area (Å²) in [5.41, 5.74) is 1.16. The number of nitrogens with one attached hydrogen (secondary N) is 1. The zero-order valence-electron chi connectivity index (χ0n) is 13.1. The predicted octanol–water partition coefficient (Wildman–Crippen LogP) is 1.44. The van der Waals surface area contributed by atoms with Gasteiger partial charge in [0.05, 0.1) is 26.0 Å². The highest BCUT2D eigenvalue weighted by Gasteiger charge is 2.07. The lowest BCUT2D eigenvalue weighted by molar-refractivity contribution is 0.0950. The average molecular weight is 317 g/mol. The van der Waals surface area contributed by atoms with Gasteiger partial charge in [-0.15, -0.1) is 5.10 Å². The van der Waals surface area contributed by atoms with Crippen LogP contribution in [0.1, 0.15) is 16.1 Å². The third-order valence-corrected chi connectivity index (χ3v) is 2.99. The molecule has 23 heavy (non-hydrogen) atoms. The Hall–Kier alpha value is -2.67. The molecule has 7 heteroatoms. The van der Waals surface area contributed by atoms with Gasteiger partial charge >= 0.3 is 0 Å². The summed E-state index contributed by atoms with van der Waals surface area (Å²) in [5.74, 6) is 0.853. The van der Waals surface area contributed by atoms with E-state index < -0.39 is 0 Å². The van der Waals surface area contributed by atoms with E-state index in [0.29, 0.717) is 36.1 Å². The minimum atomic E-state index is -0.203. The fourth-order valence-corrected chi connectivity index (χ4v) is 1.79.